The first-order valence-corrected chi connectivity index (χ1v) is 9.64. The number of carbonyl (C=O) groups is 2. The van der Waals surface area contributed by atoms with Gasteiger partial charge in [-0.05, 0) is 31.5 Å². The fourth-order valence-electron chi connectivity index (χ4n) is 2.94. The standard InChI is InChI=1S/C23H24N2O5/c1-4-28-19-12-10-17(11-13-19)14-25(3)20(26)15-29-23(27)21-16(2)30-24-22(21)18-8-6-5-7-9-18/h5-13H,4,14-15H2,1-3H3. The van der Waals surface area contributed by atoms with E-state index in [0.717, 1.165) is 16.9 Å². The van der Waals surface area contributed by atoms with E-state index in [-0.39, 0.29) is 18.1 Å². The second-order valence-corrected chi connectivity index (χ2v) is 6.73. The Balaban J connectivity index is 1.59. The van der Waals surface area contributed by atoms with Gasteiger partial charge in [0.2, 0.25) is 0 Å². The molecule has 0 saturated carbocycles. The molecule has 0 atom stereocenters. The molecular formula is C23H24N2O5. The van der Waals surface area contributed by atoms with Gasteiger partial charge in [-0.1, -0.05) is 47.6 Å². The van der Waals surface area contributed by atoms with Crippen LogP contribution in [0.3, 0.4) is 0 Å². The van der Waals surface area contributed by atoms with Gasteiger partial charge in [0.25, 0.3) is 5.91 Å². The van der Waals surface area contributed by atoms with Gasteiger partial charge in [0.1, 0.15) is 22.8 Å². The maximum absolute atomic E-state index is 12.6. The number of nitrogens with zero attached hydrogens (tertiary/aromatic N) is 2. The van der Waals surface area contributed by atoms with Gasteiger partial charge in [0.05, 0.1) is 6.61 Å². The van der Waals surface area contributed by atoms with Crippen LogP contribution in [0.2, 0.25) is 0 Å². The molecule has 1 heterocycles. The fourth-order valence-corrected chi connectivity index (χ4v) is 2.94. The number of aryl methyl sites for hydroxylation is 1. The molecule has 0 fully saturated rings. The minimum Gasteiger partial charge on any atom is -0.494 e. The van der Waals surface area contributed by atoms with Crippen LogP contribution in [0.4, 0.5) is 0 Å². The van der Waals surface area contributed by atoms with Crippen molar-refractivity contribution in [2.24, 2.45) is 0 Å². The van der Waals surface area contributed by atoms with Crippen LogP contribution in [-0.4, -0.2) is 42.2 Å². The molecule has 0 aliphatic rings. The van der Waals surface area contributed by atoms with Gasteiger partial charge in [0.15, 0.2) is 6.61 Å². The van der Waals surface area contributed by atoms with Crippen LogP contribution < -0.4 is 4.74 Å². The summed E-state index contributed by atoms with van der Waals surface area (Å²) in [6.45, 7) is 4.18. The van der Waals surface area contributed by atoms with Gasteiger partial charge in [-0.3, -0.25) is 4.79 Å². The first kappa shape index (κ1) is 21.1. The molecular weight excluding hydrogens is 384 g/mol. The SMILES string of the molecule is CCOc1ccc(CN(C)C(=O)COC(=O)c2c(-c3ccccc3)noc2C)cc1. The van der Waals surface area contributed by atoms with E-state index in [1.807, 2.05) is 61.5 Å². The molecule has 156 valence electrons. The molecule has 1 amide bonds. The van der Waals surface area contributed by atoms with Crippen molar-refractivity contribution in [2.75, 3.05) is 20.3 Å². The number of esters is 1. The predicted octanol–water partition coefficient (Wildman–Crippen LogP) is 3.86. The highest BCUT2D eigenvalue weighted by Crippen LogP contribution is 2.25. The van der Waals surface area contributed by atoms with E-state index in [9.17, 15) is 9.59 Å². The Bertz CT molecular complexity index is 996. The summed E-state index contributed by atoms with van der Waals surface area (Å²) in [5.41, 5.74) is 2.30. The zero-order valence-electron chi connectivity index (χ0n) is 17.3. The van der Waals surface area contributed by atoms with E-state index >= 15 is 0 Å². The van der Waals surface area contributed by atoms with Gasteiger partial charge >= 0.3 is 5.97 Å². The third kappa shape index (κ3) is 5.05. The second kappa shape index (κ2) is 9.73. The summed E-state index contributed by atoms with van der Waals surface area (Å²) in [7, 11) is 1.66. The Morgan fingerprint density at radius 3 is 2.43 bits per heavy atom. The highest BCUT2D eigenvalue weighted by molar-refractivity contribution is 5.98. The van der Waals surface area contributed by atoms with Gasteiger partial charge in [-0.25, -0.2) is 4.79 Å². The lowest BCUT2D eigenvalue weighted by atomic mass is 10.1. The van der Waals surface area contributed by atoms with E-state index in [0.29, 0.717) is 24.6 Å². The predicted molar refractivity (Wildman–Crippen MR) is 111 cm³/mol. The average molecular weight is 408 g/mol. The summed E-state index contributed by atoms with van der Waals surface area (Å²) >= 11 is 0. The van der Waals surface area contributed by atoms with E-state index in [1.54, 1.807) is 14.0 Å². The molecule has 0 saturated heterocycles. The van der Waals surface area contributed by atoms with Crippen molar-refractivity contribution in [3.63, 3.8) is 0 Å². The zero-order valence-corrected chi connectivity index (χ0v) is 17.3. The summed E-state index contributed by atoms with van der Waals surface area (Å²) in [6.07, 6.45) is 0. The molecule has 3 aromatic rings. The average Bonchev–Trinajstić information content (AvgIpc) is 3.15. The lowest BCUT2D eigenvalue weighted by Gasteiger charge is -2.17. The minimum absolute atomic E-state index is 0.225. The molecule has 0 bridgehead atoms. The second-order valence-electron chi connectivity index (χ2n) is 6.73. The number of rotatable bonds is 8. The van der Waals surface area contributed by atoms with Crippen LogP contribution in [0.25, 0.3) is 11.3 Å². The van der Waals surface area contributed by atoms with E-state index in [2.05, 4.69) is 5.16 Å². The Kier molecular flexibility index (Phi) is 6.85. The van der Waals surface area contributed by atoms with Crippen LogP contribution in [0, 0.1) is 6.92 Å². The fraction of sp³-hybridized carbons (Fsp3) is 0.261. The first-order chi connectivity index (χ1) is 14.5. The third-order valence-corrected chi connectivity index (χ3v) is 4.52. The number of likely N-dealkylation sites (N-methyl/N-ethyl adjacent to an activating group) is 1. The smallest absolute Gasteiger partial charge is 0.344 e. The maximum Gasteiger partial charge on any atom is 0.344 e. The summed E-state index contributed by atoms with van der Waals surface area (Å²) in [4.78, 5) is 26.5. The quantitative estimate of drug-likeness (QED) is 0.527. The van der Waals surface area contributed by atoms with Crippen LogP contribution in [-0.2, 0) is 16.1 Å². The van der Waals surface area contributed by atoms with Crippen molar-refractivity contribution >= 4 is 11.9 Å². The molecule has 0 spiro atoms. The summed E-state index contributed by atoms with van der Waals surface area (Å²) in [6, 6.07) is 16.7. The summed E-state index contributed by atoms with van der Waals surface area (Å²) < 4.78 is 15.8. The van der Waals surface area contributed by atoms with Crippen molar-refractivity contribution in [1.82, 2.24) is 10.1 Å². The molecule has 0 unspecified atom stereocenters. The number of benzene rings is 2. The molecule has 0 aliphatic heterocycles. The van der Waals surface area contributed by atoms with Crippen molar-refractivity contribution in [2.45, 2.75) is 20.4 Å². The number of ether oxygens (including phenoxy) is 2. The monoisotopic (exact) mass is 408 g/mol. The van der Waals surface area contributed by atoms with Crippen LogP contribution in [0.15, 0.2) is 59.1 Å². The number of hydrogen-bond acceptors (Lipinski definition) is 6. The van der Waals surface area contributed by atoms with Gasteiger partial charge in [0, 0.05) is 19.2 Å². The molecule has 0 aliphatic carbocycles. The molecule has 3 rings (SSSR count). The molecule has 0 radical (unpaired) electrons. The topological polar surface area (TPSA) is 81.9 Å². The summed E-state index contributed by atoms with van der Waals surface area (Å²) in [5.74, 6) is 0.166. The zero-order chi connectivity index (χ0) is 21.5. The first-order valence-electron chi connectivity index (χ1n) is 9.64. The Morgan fingerprint density at radius 1 is 1.07 bits per heavy atom. The van der Waals surface area contributed by atoms with Gasteiger partial charge in [-0.2, -0.15) is 0 Å². The van der Waals surface area contributed by atoms with E-state index in [4.69, 9.17) is 14.0 Å². The van der Waals surface area contributed by atoms with E-state index in [1.165, 1.54) is 4.90 Å². The van der Waals surface area contributed by atoms with Gasteiger partial charge in [-0.15, -0.1) is 0 Å². The minimum atomic E-state index is -0.643. The van der Waals surface area contributed by atoms with Crippen molar-refractivity contribution in [3.05, 3.63) is 71.5 Å². The highest BCUT2D eigenvalue weighted by atomic mass is 16.5. The Morgan fingerprint density at radius 2 is 1.77 bits per heavy atom. The third-order valence-electron chi connectivity index (χ3n) is 4.52. The normalized spacial score (nSPS) is 10.5. The maximum atomic E-state index is 12.6. The molecule has 0 N–H and O–H groups in total. The summed E-state index contributed by atoms with van der Waals surface area (Å²) in [5, 5.41) is 3.96. The molecule has 2 aromatic carbocycles. The van der Waals surface area contributed by atoms with Crippen molar-refractivity contribution < 1.29 is 23.6 Å². The van der Waals surface area contributed by atoms with Crippen LogP contribution in [0.5, 0.6) is 5.75 Å². The molecule has 1 aromatic heterocycles. The number of carbonyl (C=O) groups excluding carboxylic acids is 2. The Labute approximate surface area is 175 Å². The lowest BCUT2D eigenvalue weighted by molar-refractivity contribution is -0.133. The van der Waals surface area contributed by atoms with Crippen LogP contribution in [0.1, 0.15) is 28.6 Å². The largest absolute Gasteiger partial charge is 0.494 e. The van der Waals surface area contributed by atoms with E-state index < -0.39 is 5.97 Å². The lowest BCUT2D eigenvalue weighted by Crippen LogP contribution is -2.30. The number of hydrogen-bond donors (Lipinski definition) is 0. The highest BCUT2D eigenvalue weighted by Gasteiger charge is 2.24. The molecule has 7 nitrogen and oxygen atoms in total. The van der Waals surface area contributed by atoms with Crippen molar-refractivity contribution in [3.8, 4) is 17.0 Å². The Hall–Kier alpha value is -3.61. The molecule has 30 heavy (non-hydrogen) atoms. The van der Waals surface area contributed by atoms with Gasteiger partial charge < -0.3 is 18.9 Å². The molecule has 7 heteroatoms. The van der Waals surface area contributed by atoms with Crippen molar-refractivity contribution in [1.29, 1.82) is 0 Å². The number of aromatic nitrogens is 1. The number of amides is 1. The van der Waals surface area contributed by atoms with Crippen LogP contribution >= 0.6 is 0 Å².